The summed E-state index contributed by atoms with van der Waals surface area (Å²) in [5, 5.41) is 1.81. The van der Waals surface area contributed by atoms with E-state index in [1.54, 1.807) is 6.33 Å². The van der Waals surface area contributed by atoms with Gasteiger partial charge in [0.25, 0.3) is 0 Å². The van der Waals surface area contributed by atoms with Gasteiger partial charge >= 0.3 is 0 Å². The fourth-order valence-electron chi connectivity index (χ4n) is 3.27. The number of hydrogen-bond acceptors (Lipinski definition) is 4. The maximum absolute atomic E-state index is 6.02. The van der Waals surface area contributed by atoms with Gasteiger partial charge in [-0.2, -0.15) is 11.8 Å². The van der Waals surface area contributed by atoms with Crippen molar-refractivity contribution >= 4 is 28.6 Å². The minimum atomic E-state index is 0.558. The lowest BCUT2D eigenvalue weighted by molar-refractivity contribution is 0.522. The number of nitrogen functional groups attached to an aromatic ring is 1. The van der Waals surface area contributed by atoms with Crippen LogP contribution < -0.4 is 5.73 Å². The van der Waals surface area contributed by atoms with E-state index in [9.17, 15) is 0 Å². The highest BCUT2D eigenvalue weighted by Crippen LogP contribution is 2.40. The first-order chi connectivity index (χ1) is 9.13. The van der Waals surface area contributed by atoms with Gasteiger partial charge in [-0.1, -0.05) is 0 Å². The second-order valence-corrected chi connectivity index (χ2v) is 6.50. The monoisotopic (exact) mass is 276 g/mol. The fourth-order valence-corrected chi connectivity index (χ4v) is 4.05. The van der Waals surface area contributed by atoms with E-state index in [4.69, 9.17) is 5.73 Å². The molecule has 0 saturated heterocycles. The Kier molecular flexibility index (Phi) is 3.17. The molecule has 4 nitrogen and oxygen atoms in total. The molecule has 0 bridgehead atoms. The van der Waals surface area contributed by atoms with Crippen molar-refractivity contribution in [1.29, 1.82) is 0 Å². The average molecular weight is 276 g/mol. The van der Waals surface area contributed by atoms with Crippen LogP contribution in [0.5, 0.6) is 0 Å². The summed E-state index contributed by atoms with van der Waals surface area (Å²) in [5.74, 6) is 0.601. The van der Waals surface area contributed by atoms with Crippen LogP contribution in [0.2, 0.25) is 0 Å². The van der Waals surface area contributed by atoms with Gasteiger partial charge in [-0.25, -0.2) is 9.97 Å². The Morgan fingerprint density at radius 1 is 1.32 bits per heavy atom. The summed E-state index contributed by atoms with van der Waals surface area (Å²) in [7, 11) is 0. The summed E-state index contributed by atoms with van der Waals surface area (Å²) in [5.41, 5.74) is 9.54. The quantitative estimate of drug-likeness (QED) is 0.915. The molecule has 1 saturated carbocycles. The minimum Gasteiger partial charge on any atom is -0.383 e. The molecule has 2 atom stereocenters. The lowest BCUT2D eigenvalue weighted by Crippen LogP contribution is -2.09. The Morgan fingerprint density at radius 2 is 2.11 bits per heavy atom. The highest BCUT2D eigenvalue weighted by atomic mass is 32.2. The van der Waals surface area contributed by atoms with Crippen molar-refractivity contribution < 1.29 is 0 Å². The van der Waals surface area contributed by atoms with Crippen LogP contribution in [0.1, 0.15) is 36.6 Å². The van der Waals surface area contributed by atoms with Crippen molar-refractivity contribution in [3.63, 3.8) is 0 Å². The van der Waals surface area contributed by atoms with Crippen molar-refractivity contribution in [2.24, 2.45) is 0 Å². The number of anilines is 1. The molecule has 2 heterocycles. The maximum atomic E-state index is 6.02. The van der Waals surface area contributed by atoms with E-state index in [1.165, 1.54) is 30.5 Å². The van der Waals surface area contributed by atoms with Crippen LogP contribution in [0.4, 0.5) is 5.82 Å². The van der Waals surface area contributed by atoms with Crippen LogP contribution in [-0.4, -0.2) is 26.0 Å². The molecule has 0 amide bonds. The Balaban J connectivity index is 2.14. The van der Waals surface area contributed by atoms with Crippen LogP contribution >= 0.6 is 11.8 Å². The molecule has 0 spiro atoms. The lowest BCUT2D eigenvalue weighted by atomic mass is 10.2. The largest absolute Gasteiger partial charge is 0.383 e. The van der Waals surface area contributed by atoms with Crippen molar-refractivity contribution in [1.82, 2.24) is 14.5 Å². The molecule has 1 fully saturated rings. The molecule has 1 aliphatic carbocycles. The normalized spacial score (nSPS) is 23.3. The van der Waals surface area contributed by atoms with E-state index in [2.05, 4.69) is 34.6 Å². The zero-order chi connectivity index (χ0) is 13.6. The van der Waals surface area contributed by atoms with Gasteiger partial charge in [0.05, 0.1) is 5.39 Å². The summed E-state index contributed by atoms with van der Waals surface area (Å²) in [6.45, 7) is 4.29. The molecule has 102 valence electrons. The molecular formula is C14H20N4S. The molecule has 2 aromatic rings. The highest BCUT2D eigenvalue weighted by Gasteiger charge is 2.28. The van der Waals surface area contributed by atoms with Gasteiger partial charge in [-0.3, -0.25) is 0 Å². The maximum Gasteiger partial charge on any atom is 0.146 e. The van der Waals surface area contributed by atoms with Gasteiger partial charge in [0.2, 0.25) is 0 Å². The Hall–Kier alpha value is -1.23. The lowest BCUT2D eigenvalue weighted by Gasteiger charge is -2.16. The number of hydrogen-bond donors (Lipinski definition) is 1. The zero-order valence-corrected chi connectivity index (χ0v) is 12.5. The van der Waals surface area contributed by atoms with Crippen LogP contribution in [0.3, 0.4) is 0 Å². The number of thioether (sulfide) groups is 1. The van der Waals surface area contributed by atoms with Crippen LogP contribution in [-0.2, 0) is 0 Å². The minimum absolute atomic E-state index is 0.558. The Bertz CT molecular complexity index is 619. The van der Waals surface area contributed by atoms with E-state index in [0.29, 0.717) is 11.9 Å². The third-order valence-corrected chi connectivity index (χ3v) is 5.51. The van der Waals surface area contributed by atoms with E-state index >= 15 is 0 Å². The SMILES string of the molecule is CSC1CCC(n2c(C)c(C)c3c(N)ncnc32)C1. The van der Waals surface area contributed by atoms with Gasteiger partial charge < -0.3 is 10.3 Å². The van der Waals surface area contributed by atoms with Gasteiger partial charge in [-0.15, -0.1) is 0 Å². The first-order valence-corrected chi connectivity index (χ1v) is 8.02. The molecule has 1 aliphatic rings. The fraction of sp³-hybridized carbons (Fsp3) is 0.571. The number of nitrogens with two attached hydrogens (primary N) is 1. The number of nitrogens with zero attached hydrogens (tertiary/aromatic N) is 3. The molecule has 2 N–H and O–H groups in total. The van der Waals surface area contributed by atoms with Gasteiger partial charge in [0.15, 0.2) is 0 Å². The predicted octanol–water partition coefficient (Wildman–Crippen LogP) is 3.09. The van der Waals surface area contributed by atoms with Crippen LogP contribution in [0.15, 0.2) is 6.33 Å². The Morgan fingerprint density at radius 3 is 2.79 bits per heavy atom. The molecule has 0 radical (unpaired) electrons. The number of aromatic nitrogens is 3. The first kappa shape index (κ1) is 12.8. The second kappa shape index (κ2) is 4.71. The summed E-state index contributed by atoms with van der Waals surface area (Å²) in [6, 6.07) is 0.558. The molecule has 19 heavy (non-hydrogen) atoms. The molecule has 2 unspecified atom stereocenters. The third kappa shape index (κ3) is 1.91. The zero-order valence-electron chi connectivity index (χ0n) is 11.7. The number of aryl methyl sites for hydroxylation is 1. The van der Waals surface area contributed by atoms with Gasteiger partial charge in [0, 0.05) is 17.0 Å². The first-order valence-electron chi connectivity index (χ1n) is 6.73. The van der Waals surface area contributed by atoms with Crippen molar-refractivity contribution in [2.45, 2.75) is 44.4 Å². The summed E-state index contributed by atoms with van der Waals surface area (Å²) in [4.78, 5) is 8.61. The molecule has 2 aromatic heterocycles. The average Bonchev–Trinajstić information content (AvgIpc) is 2.95. The van der Waals surface area contributed by atoms with Crippen molar-refractivity contribution in [3.8, 4) is 0 Å². The van der Waals surface area contributed by atoms with Crippen molar-refractivity contribution in [2.75, 3.05) is 12.0 Å². The molecule has 3 rings (SSSR count). The standard InChI is InChI=1S/C14H20N4S/c1-8-9(2)18(10-4-5-11(6-10)19-3)14-12(8)13(15)16-7-17-14/h7,10-11H,4-6H2,1-3H3,(H2,15,16,17). The molecular weight excluding hydrogens is 256 g/mol. The van der Waals surface area contributed by atoms with E-state index in [0.717, 1.165) is 16.3 Å². The number of rotatable bonds is 2. The third-order valence-electron chi connectivity index (χ3n) is 4.42. The topological polar surface area (TPSA) is 56.7 Å². The van der Waals surface area contributed by atoms with E-state index < -0.39 is 0 Å². The van der Waals surface area contributed by atoms with Crippen LogP contribution in [0, 0.1) is 13.8 Å². The highest BCUT2D eigenvalue weighted by molar-refractivity contribution is 7.99. The van der Waals surface area contributed by atoms with Crippen molar-refractivity contribution in [3.05, 3.63) is 17.6 Å². The van der Waals surface area contributed by atoms with E-state index in [-0.39, 0.29) is 0 Å². The predicted molar refractivity (Wildman–Crippen MR) is 81.6 cm³/mol. The summed E-state index contributed by atoms with van der Waals surface area (Å²) >= 11 is 1.98. The smallest absolute Gasteiger partial charge is 0.146 e. The van der Waals surface area contributed by atoms with Gasteiger partial charge in [-0.05, 0) is 44.9 Å². The summed E-state index contributed by atoms with van der Waals surface area (Å²) < 4.78 is 2.39. The van der Waals surface area contributed by atoms with Crippen LogP contribution in [0.25, 0.3) is 11.0 Å². The molecule has 5 heteroatoms. The molecule has 0 aliphatic heterocycles. The second-order valence-electron chi connectivity index (χ2n) is 5.36. The molecule has 0 aromatic carbocycles. The number of fused-ring (bicyclic) bond motifs is 1. The van der Waals surface area contributed by atoms with E-state index in [1.807, 2.05) is 11.8 Å². The van der Waals surface area contributed by atoms with Gasteiger partial charge in [0.1, 0.15) is 17.8 Å². The Labute approximate surface area is 117 Å². The summed E-state index contributed by atoms with van der Waals surface area (Å²) in [6.07, 6.45) is 7.55.